The van der Waals surface area contributed by atoms with Gasteiger partial charge < -0.3 is 9.29 Å². The summed E-state index contributed by atoms with van der Waals surface area (Å²) in [5.74, 6) is 2.07. The number of nitrogens with zero attached hydrogens (tertiary/aromatic N) is 2. The summed E-state index contributed by atoms with van der Waals surface area (Å²) in [7, 11) is 1.66. The number of benzene rings is 1. The molecule has 3 rings (SSSR count). The molecule has 3 aromatic rings. The van der Waals surface area contributed by atoms with Crippen LogP contribution in [-0.4, -0.2) is 21.6 Å². The molecule has 0 atom stereocenters. The van der Waals surface area contributed by atoms with Crippen LogP contribution in [0.1, 0.15) is 35.0 Å². The third-order valence-corrected chi connectivity index (χ3v) is 5.33. The molecule has 0 unspecified atom stereocenters. The summed E-state index contributed by atoms with van der Waals surface area (Å²) in [5.41, 5.74) is 7.85. The summed E-state index contributed by atoms with van der Waals surface area (Å²) in [6.45, 7) is 8.55. The maximum atomic E-state index is 9.50. The molecule has 0 bridgehead atoms. The van der Waals surface area contributed by atoms with Crippen molar-refractivity contribution in [1.82, 2.24) is 9.97 Å². The van der Waals surface area contributed by atoms with Crippen LogP contribution in [0, 0.1) is 20.8 Å². The van der Waals surface area contributed by atoms with Crippen LogP contribution in [0.15, 0.2) is 18.2 Å². The molecule has 132 valence electrons. The molecule has 0 aliphatic carbocycles. The zero-order valence-electron chi connectivity index (χ0n) is 15.3. The van der Waals surface area contributed by atoms with E-state index in [0.717, 1.165) is 52.6 Å². The van der Waals surface area contributed by atoms with Crippen LogP contribution in [0.4, 0.5) is 0 Å². The number of pyridine rings is 1. The van der Waals surface area contributed by atoms with Crippen molar-refractivity contribution >= 4 is 23.1 Å². The topological polar surface area (TPSA) is 62.0 Å². The fourth-order valence-corrected chi connectivity index (χ4v) is 3.94. The van der Waals surface area contributed by atoms with E-state index in [1.54, 1.807) is 7.11 Å². The van der Waals surface area contributed by atoms with Gasteiger partial charge in [0, 0.05) is 6.07 Å². The van der Waals surface area contributed by atoms with Gasteiger partial charge in [-0.2, -0.15) is 0 Å². The lowest BCUT2D eigenvalue weighted by atomic mass is 9.98. The largest absolute Gasteiger partial charge is 0.497 e. The Morgan fingerprint density at radius 1 is 1.24 bits per heavy atom. The second kappa shape index (κ2) is 7.06. The van der Waals surface area contributed by atoms with Gasteiger partial charge in [-0.15, -0.1) is 0 Å². The van der Waals surface area contributed by atoms with E-state index in [2.05, 4.69) is 37.2 Å². The van der Waals surface area contributed by atoms with Gasteiger partial charge in [0.1, 0.15) is 11.3 Å². The first-order valence-corrected chi connectivity index (χ1v) is 9.30. The first kappa shape index (κ1) is 17.8. The highest BCUT2D eigenvalue weighted by atomic mass is 32.2. The minimum absolute atomic E-state index is 0.514. The first-order chi connectivity index (χ1) is 12.0. The Kier molecular flexibility index (Phi) is 5.01. The molecule has 0 aliphatic rings. The zero-order chi connectivity index (χ0) is 18.1. The Morgan fingerprint density at radius 2 is 2.00 bits per heavy atom. The van der Waals surface area contributed by atoms with Gasteiger partial charge in [0.05, 0.1) is 24.3 Å². The standard InChI is InChI=1S/C19H23N3O2S/c1-6-15-11(2)13(4)22(18(10-25-23)12(15)3)19-20-16-8-7-14(24-5)9-17(16)21-19/h7-9H,6,10H2,1-5H3,(H-,20,21,23)/p+1. The molecule has 0 fully saturated rings. The third kappa shape index (κ3) is 3.00. The fourth-order valence-electron chi connectivity index (χ4n) is 3.47. The molecular weight excluding hydrogens is 334 g/mol. The van der Waals surface area contributed by atoms with Crippen LogP contribution < -0.4 is 9.30 Å². The van der Waals surface area contributed by atoms with Crippen molar-refractivity contribution in [3.63, 3.8) is 0 Å². The van der Waals surface area contributed by atoms with Crippen LogP contribution in [0.25, 0.3) is 17.0 Å². The van der Waals surface area contributed by atoms with E-state index < -0.39 is 0 Å². The second-order valence-electron chi connectivity index (χ2n) is 6.17. The Labute approximate surface area is 152 Å². The van der Waals surface area contributed by atoms with Gasteiger partial charge in [0.2, 0.25) is 0 Å². The number of fused-ring (bicyclic) bond motifs is 1. The van der Waals surface area contributed by atoms with E-state index in [4.69, 9.17) is 9.72 Å². The van der Waals surface area contributed by atoms with E-state index in [1.807, 2.05) is 18.2 Å². The first-order valence-electron chi connectivity index (χ1n) is 8.35. The molecule has 2 N–H and O–H groups in total. The Balaban J connectivity index is 2.28. The summed E-state index contributed by atoms with van der Waals surface area (Å²) in [4.78, 5) is 8.16. The fraction of sp³-hybridized carbons (Fsp3) is 0.368. The lowest BCUT2D eigenvalue weighted by molar-refractivity contribution is -0.618. The van der Waals surface area contributed by atoms with Crippen molar-refractivity contribution in [1.29, 1.82) is 0 Å². The van der Waals surface area contributed by atoms with E-state index >= 15 is 0 Å². The highest BCUT2D eigenvalue weighted by molar-refractivity contribution is 7.92. The zero-order valence-corrected chi connectivity index (χ0v) is 16.1. The lowest BCUT2D eigenvalue weighted by Gasteiger charge is -2.18. The highest BCUT2D eigenvalue weighted by Gasteiger charge is 2.24. The average Bonchev–Trinajstić information content (AvgIpc) is 3.02. The third-order valence-electron chi connectivity index (χ3n) is 4.93. The van der Waals surface area contributed by atoms with E-state index in [-0.39, 0.29) is 0 Å². The molecule has 0 radical (unpaired) electrons. The number of aromatic nitrogens is 3. The predicted octanol–water partition coefficient (Wildman–Crippen LogP) is 4.04. The van der Waals surface area contributed by atoms with Crippen LogP contribution in [0.3, 0.4) is 0 Å². The summed E-state index contributed by atoms with van der Waals surface area (Å²) in [6.07, 6.45) is 0.972. The minimum atomic E-state index is 0.514. The summed E-state index contributed by atoms with van der Waals surface area (Å²) in [6, 6.07) is 5.80. The number of imidazole rings is 1. The number of methoxy groups -OCH3 is 1. The molecule has 0 spiro atoms. The van der Waals surface area contributed by atoms with Crippen LogP contribution in [-0.2, 0) is 12.2 Å². The van der Waals surface area contributed by atoms with Gasteiger partial charge in [-0.05, 0) is 68.1 Å². The van der Waals surface area contributed by atoms with E-state index in [1.165, 1.54) is 16.7 Å². The summed E-state index contributed by atoms with van der Waals surface area (Å²) in [5, 5.41) is 0. The highest BCUT2D eigenvalue weighted by Crippen LogP contribution is 2.24. The molecule has 5 nitrogen and oxygen atoms in total. The van der Waals surface area contributed by atoms with E-state index in [0.29, 0.717) is 5.75 Å². The van der Waals surface area contributed by atoms with Crippen molar-refractivity contribution in [2.75, 3.05) is 7.11 Å². The molecule has 0 saturated carbocycles. The minimum Gasteiger partial charge on any atom is -0.497 e. The van der Waals surface area contributed by atoms with Gasteiger partial charge in [-0.1, -0.05) is 11.9 Å². The number of aromatic amines is 1. The number of hydrogen-bond donors (Lipinski definition) is 2. The Bertz CT molecular complexity index is 934. The predicted molar refractivity (Wildman–Crippen MR) is 102 cm³/mol. The Morgan fingerprint density at radius 3 is 2.64 bits per heavy atom. The molecule has 2 aromatic heterocycles. The molecule has 1 aromatic carbocycles. The Hall–Kier alpha value is -2.05. The van der Waals surface area contributed by atoms with Crippen molar-refractivity contribution in [2.45, 2.75) is 39.9 Å². The SMILES string of the molecule is CCc1c(C)c(C)[n+](-c2nc3ccc(OC)cc3[nH]2)c(CSO)c1C. The number of hydrogen-bond acceptors (Lipinski definition) is 4. The molecule has 6 heteroatoms. The number of rotatable bonds is 5. The quantitative estimate of drug-likeness (QED) is 0.534. The number of ether oxygens (including phenoxy) is 1. The smallest absolute Gasteiger partial charge is 0.402 e. The van der Waals surface area contributed by atoms with Crippen LogP contribution in [0.5, 0.6) is 5.75 Å². The average molecular weight is 358 g/mol. The molecule has 2 heterocycles. The van der Waals surface area contributed by atoms with Gasteiger partial charge >= 0.3 is 5.95 Å². The number of H-pyrrole nitrogens is 1. The van der Waals surface area contributed by atoms with Crippen molar-refractivity contribution < 1.29 is 13.9 Å². The summed E-state index contributed by atoms with van der Waals surface area (Å²) < 4.78 is 16.9. The molecule has 0 amide bonds. The molecule has 25 heavy (non-hydrogen) atoms. The van der Waals surface area contributed by atoms with Gasteiger partial charge in [-0.25, -0.2) is 9.55 Å². The molecule has 0 saturated heterocycles. The monoisotopic (exact) mass is 358 g/mol. The second-order valence-corrected chi connectivity index (χ2v) is 6.71. The normalized spacial score (nSPS) is 11.3. The molecular formula is C19H24N3O2S+. The van der Waals surface area contributed by atoms with Crippen molar-refractivity contribution in [3.05, 3.63) is 46.3 Å². The van der Waals surface area contributed by atoms with Crippen molar-refractivity contribution in [3.8, 4) is 11.7 Å². The maximum Gasteiger partial charge on any atom is 0.402 e. The summed E-state index contributed by atoms with van der Waals surface area (Å²) >= 11 is 0.842. The lowest BCUT2D eigenvalue weighted by Crippen LogP contribution is -2.42. The van der Waals surface area contributed by atoms with Crippen LogP contribution >= 0.6 is 12.0 Å². The van der Waals surface area contributed by atoms with E-state index in [9.17, 15) is 4.55 Å². The van der Waals surface area contributed by atoms with Crippen LogP contribution in [0.2, 0.25) is 0 Å². The van der Waals surface area contributed by atoms with Crippen molar-refractivity contribution in [2.24, 2.45) is 0 Å². The maximum absolute atomic E-state index is 9.50. The van der Waals surface area contributed by atoms with Gasteiger partial charge in [0.15, 0.2) is 5.52 Å². The van der Waals surface area contributed by atoms with Gasteiger partial charge in [0.25, 0.3) is 0 Å². The number of nitrogens with one attached hydrogen (secondary N) is 1. The molecule has 0 aliphatic heterocycles. The van der Waals surface area contributed by atoms with Gasteiger partial charge in [-0.3, -0.25) is 0 Å².